The number of nitrogen functional groups attached to an aromatic ring is 1. The molecule has 0 saturated carbocycles. The number of nitrogens with two attached hydrogens (primary N) is 1. The molecule has 0 unspecified atom stereocenters. The van der Waals surface area contributed by atoms with Gasteiger partial charge in [-0.2, -0.15) is 0 Å². The lowest BCUT2D eigenvalue weighted by atomic mass is 9.88. The Labute approximate surface area is 84.9 Å². The fourth-order valence-electron chi connectivity index (χ4n) is 1.76. The van der Waals surface area contributed by atoms with Gasteiger partial charge in [0.05, 0.1) is 0 Å². The summed E-state index contributed by atoms with van der Waals surface area (Å²) < 4.78 is 0. The first kappa shape index (κ1) is 9.46. The predicted molar refractivity (Wildman–Crippen MR) is 57.8 cm³/mol. The molecule has 0 aliphatic carbocycles. The van der Waals surface area contributed by atoms with Crippen molar-refractivity contribution in [2.24, 2.45) is 0 Å². The Bertz CT molecular complexity index is 316. The number of nitrogens with zero attached hydrogens (tertiary/aromatic N) is 2. The monoisotopic (exact) mass is 191 g/mol. The average Bonchev–Trinajstić information content (AvgIpc) is 2.15. The summed E-state index contributed by atoms with van der Waals surface area (Å²) in [5, 5.41) is 0. The van der Waals surface area contributed by atoms with Crippen LogP contribution in [0.5, 0.6) is 0 Å². The van der Waals surface area contributed by atoms with Crippen LogP contribution in [0.1, 0.15) is 25.8 Å². The molecule has 3 nitrogen and oxygen atoms in total. The van der Waals surface area contributed by atoms with Crippen molar-refractivity contribution in [3.8, 4) is 0 Å². The van der Waals surface area contributed by atoms with Crippen LogP contribution in [-0.2, 0) is 6.54 Å². The fraction of sp³-hybridized carbons (Fsp3) is 0.545. The molecule has 0 bridgehead atoms. The van der Waals surface area contributed by atoms with Crippen molar-refractivity contribution in [3.63, 3.8) is 0 Å². The molecule has 2 rings (SSSR count). The smallest absolute Gasteiger partial charge is 0.123 e. The maximum atomic E-state index is 5.53. The van der Waals surface area contributed by atoms with E-state index in [1.54, 1.807) is 0 Å². The molecule has 76 valence electrons. The van der Waals surface area contributed by atoms with E-state index in [4.69, 9.17) is 5.73 Å². The number of hydrogen-bond acceptors (Lipinski definition) is 3. The second-order valence-electron chi connectivity index (χ2n) is 4.58. The standard InChI is InChI=1S/C11H17N3/c1-11(2)5-6-14(11)8-9-3-4-10(12)13-7-9/h3-4,7H,5-6,8H2,1-2H3,(H2,12,13). The van der Waals surface area contributed by atoms with Crippen molar-refractivity contribution in [1.82, 2.24) is 9.88 Å². The number of hydrogen-bond donors (Lipinski definition) is 1. The first-order valence-electron chi connectivity index (χ1n) is 5.03. The second-order valence-corrected chi connectivity index (χ2v) is 4.58. The maximum absolute atomic E-state index is 5.53. The summed E-state index contributed by atoms with van der Waals surface area (Å²) in [4.78, 5) is 6.55. The Morgan fingerprint density at radius 2 is 2.29 bits per heavy atom. The molecule has 0 spiro atoms. The molecule has 0 aromatic carbocycles. The largest absolute Gasteiger partial charge is 0.384 e. The van der Waals surface area contributed by atoms with E-state index in [1.165, 1.54) is 18.5 Å². The van der Waals surface area contributed by atoms with E-state index in [0.29, 0.717) is 11.4 Å². The zero-order chi connectivity index (χ0) is 10.2. The quantitative estimate of drug-likeness (QED) is 0.773. The minimum atomic E-state index is 0.362. The normalized spacial score (nSPS) is 20.4. The summed E-state index contributed by atoms with van der Waals surface area (Å²) in [6, 6.07) is 3.92. The highest BCUT2D eigenvalue weighted by atomic mass is 15.2. The van der Waals surface area contributed by atoms with Gasteiger partial charge in [0.2, 0.25) is 0 Å². The lowest BCUT2D eigenvalue weighted by molar-refractivity contribution is 0.00787. The van der Waals surface area contributed by atoms with Crippen molar-refractivity contribution >= 4 is 5.82 Å². The van der Waals surface area contributed by atoms with E-state index in [2.05, 4.69) is 29.8 Å². The van der Waals surface area contributed by atoms with E-state index in [1.807, 2.05) is 12.3 Å². The highest BCUT2D eigenvalue weighted by Crippen LogP contribution is 2.30. The highest BCUT2D eigenvalue weighted by molar-refractivity contribution is 5.29. The molecule has 14 heavy (non-hydrogen) atoms. The Hall–Kier alpha value is -1.09. The Morgan fingerprint density at radius 3 is 2.71 bits per heavy atom. The lowest BCUT2D eigenvalue weighted by Gasteiger charge is -2.48. The van der Waals surface area contributed by atoms with Gasteiger partial charge in [-0.1, -0.05) is 6.07 Å². The van der Waals surface area contributed by atoms with Gasteiger partial charge in [0.25, 0.3) is 0 Å². The van der Waals surface area contributed by atoms with Crippen LogP contribution in [0.25, 0.3) is 0 Å². The fourth-order valence-corrected chi connectivity index (χ4v) is 1.76. The number of pyridine rings is 1. The molecule has 1 aliphatic heterocycles. The summed E-state index contributed by atoms with van der Waals surface area (Å²) in [5.41, 5.74) is 7.14. The molecule has 1 aromatic heterocycles. The van der Waals surface area contributed by atoms with Crippen molar-refractivity contribution in [3.05, 3.63) is 23.9 Å². The SMILES string of the molecule is CC1(C)CCN1Cc1ccc(N)nc1. The number of likely N-dealkylation sites (tertiary alicyclic amines) is 1. The van der Waals surface area contributed by atoms with Gasteiger partial charge in [-0.3, -0.25) is 4.90 Å². The number of rotatable bonds is 2. The van der Waals surface area contributed by atoms with Crippen LogP contribution < -0.4 is 5.73 Å². The van der Waals surface area contributed by atoms with Crippen LogP contribution in [0.15, 0.2) is 18.3 Å². The van der Waals surface area contributed by atoms with Crippen LogP contribution in [0, 0.1) is 0 Å². The second kappa shape index (κ2) is 3.24. The molecule has 1 aromatic rings. The van der Waals surface area contributed by atoms with Crippen LogP contribution in [0.3, 0.4) is 0 Å². The molecule has 1 saturated heterocycles. The third-order valence-corrected chi connectivity index (χ3v) is 3.07. The first-order valence-corrected chi connectivity index (χ1v) is 5.03. The van der Waals surface area contributed by atoms with E-state index < -0.39 is 0 Å². The first-order chi connectivity index (χ1) is 6.58. The molecule has 0 amide bonds. The van der Waals surface area contributed by atoms with Crippen LogP contribution in [0.2, 0.25) is 0 Å². The summed E-state index contributed by atoms with van der Waals surface area (Å²) in [5.74, 6) is 0.594. The maximum Gasteiger partial charge on any atom is 0.123 e. The average molecular weight is 191 g/mol. The number of aromatic nitrogens is 1. The summed E-state index contributed by atoms with van der Waals surface area (Å²) in [6.07, 6.45) is 3.15. The third kappa shape index (κ3) is 1.73. The van der Waals surface area contributed by atoms with E-state index >= 15 is 0 Å². The molecular weight excluding hydrogens is 174 g/mol. The molecule has 2 N–H and O–H groups in total. The topological polar surface area (TPSA) is 42.1 Å². The zero-order valence-corrected chi connectivity index (χ0v) is 8.83. The Balaban J connectivity index is 2.01. The molecule has 2 heterocycles. The van der Waals surface area contributed by atoms with Crippen LogP contribution in [-0.4, -0.2) is 22.0 Å². The van der Waals surface area contributed by atoms with Crippen LogP contribution in [0.4, 0.5) is 5.82 Å². The third-order valence-electron chi connectivity index (χ3n) is 3.07. The van der Waals surface area contributed by atoms with Gasteiger partial charge in [-0.15, -0.1) is 0 Å². The molecular formula is C11H17N3. The minimum absolute atomic E-state index is 0.362. The van der Waals surface area contributed by atoms with E-state index in [0.717, 1.165) is 6.54 Å². The predicted octanol–water partition coefficient (Wildman–Crippen LogP) is 1.65. The van der Waals surface area contributed by atoms with Crippen molar-refractivity contribution in [2.45, 2.75) is 32.4 Å². The Kier molecular flexibility index (Phi) is 2.19. The lowest BCUT2D eigenvalue weighted by Crippen LogP contribution is -2.54. The summed E-state index contributed by atoms with van der Waals surface area (Å²) in [7, 11) is 0. The van der Waals surface area contributed by atoms with Crippen molar-refractivity contribution in [1.29, 1.82) is 0 Å². The summed E-state index contributed by atoms with van der Waals surface area (Å²) in [6.45, 7) is 6.74. The van der Waals surface area contributed by atoms with Gasteiger partial charge >= 0.3 is 0 Å². The van der Waals surface area contributed by atoms with E-state index in [9.17, 15) is 0 Å². The highest BCUT2D eigenvalue weighted by Gasteiger charge is 2.35. The molecule has 0 radical (unpaired) electrons. The summed E-state index contributed by atoms with van der Waals surface area (Å²) >= 11 is 0. The molecule has 0 atom stereocenters. The van der Waals surface area contributed by atoms with Gasteiger partial charge in [0.15, 0.2) is 0 Å². The van der Waals surface area contributed by atoms with Crippen molar-refractivity contribution in [2.75, 3.05) is 12.3 Å². The van der Waals surface area contributed by atoms with Gasteiger partial charge in [-0.05, 0) is 31.9 Å². The van der Waals surface area contributed by atoms with Gasteiger partial charge in [-0.25, -0.2) is 4.98 Å². The van der Waals surface area contributed by atoms with Crippen molar-refractivity contribution < 1.29 is 0 Å². The van der Waals surface area contributed by atoms with E-state index in [-0.39, 0.29) is 0 Å². The molecule has 1 aliphatic rings. The van der Waals surface area contributed by atoms with Gasteiger partial charge in [0.1, 0.15) is 5.82 Å². The number of anilines is 1. The van der Waals surface area contributed by atoms with Gasteiger partial charge < -0.3 is 5.73 Å². The van der Waals surface area contributed by atoms with Gasteiger partial charge in [0, 0.05) is 24.8 Å². The minimum Gasteiger partial charge on any atom is -0.384 e. The molecule has 1 fully saturated rings. The molecule has 3 heteroatoms. The Morgan fingerprint density at radius 1 is 1.50 bits per heavy atom. The zero-order valence-electron chi connectivity index (χ0n) is 8.83. The van der Waals surface area contributed by atoms with Crippen LogP contribution >= 0.6 is 0 Å².